The summed E-state index contributed by atoms with van der Waals surface area (Å²) in [6.07, 6.45) is 30.9. The van der Waals surface area contributed by atoms with Crippen LogP contribution in [0.4, 0.5) is 0 Å². The fraction of sp³-hybridized carbons (Fsp3) is 0.745. The minimum absolute atomic E-state index is 0.00147. The number of aliphatic hydroxyl groups is 5. The van der Waals surface area contributed by atoms with Gasteiger partial charge >= 0.3 is 11.9 Å². The van der Waals surface area contributed by atoms with E-state index in [2.05, 4.69) is 62.5 Å². The van der Waals surface area contributed by atoms with Crippen LogP contribution in [-0.4, -0.2) is 93.4 Å². The summed E-state index contributed by atoms with van der Waals surface area (Å²) >= 11 is 0. The van der Waals surface area contributed by atoms with E-state index in [0.717, 1.165) is 64.2 Å². The van der Waals surface area contributed by atoms with Crippen molar-refractivity contribution < 1.29 is 63.1 Å². The first-order valence-electron chi connectivity index (χ1n) is 23.1. The summed E-state index contributed by atoms with van der Waals surface area (Å²) in [6, 6.07) is 0. The van der Waals surface area contributed by atoms with Crippen LogP contribution in [0, 0.1) is 0 Å². The Kier molecular flexibility index (Phi) is 34.3. The van der Waals surface area contributed by atoms with Crippen LogP contribution in [0.2, 0.25) is 0 Å². The molecule has 0 bridgehead atoms. The minimum atomic E-state index is -5.39. The van der Waals surface area contributed by atoms with Crippen molar-refractivity contribution in [2.75, 3.05) is 13.2 Å². The number of unbranched alkanes of at least 4 members (excludes halogenated alkanes) is 15. The van der Waals surface area contributed by atoms with Crippen molar-refractivity contribution in [1.29, 1.82) is 0 Å². The zero-order valence-electron chi connectivity index (χ0n) is 37.1. The molecule has 14 heteroatoms. The van der Waals surface area contributed by atoms with Crippen molar-refractivity contribution in [3.05, 3.63) is 60.8 Å². The standard InChI is InChI=1S/C47H81O13P/c1-3-5-7-9-11-13-15-17-19-20-22-24-26-28-30-32-34-36-41(49)59-39(38-58-61(55,56)60-47-45(53)43(51)42(50)44(52)46(47)54)37-57-40(48)35-33-31-29-27-25-23-21-18-16-14-12-10-8-6-4-2/h11,13,17-19,21-22,24,28,30,39,42-47,50-54H,3-10,12,14-16,20,23,25-27,29,31-38H2,1-2H3,(H,55,56)/p-1/b13-11+,19-17+,21-18+,24-22+,30-28+. The van der Waals surface area contributed by atoms with Crippen LogP contribution in [0.1, 0.15) is 168 Å². The summed E-state index contributed by atoms with van der Waals surface area (Å²) in [5.74, 6) is -1.21. The van der Waals surface area contributed by atoms with Gasteiger partial charge in [-0.05, 0) is 77.0 Å². The molecule has 0 aliphatic heterocycles. The SMILES string of the molecule is CCCCC/C=C/C/C=C/C/C=C/C/C=C/CCCC(=O)OC(COC(=O)CCCCCCC/C=C/CCCCCCCC)COP(=O)([O-])OC1C(O)C(O)C(O)C(O)C1O. The van der Waals surface area contributed by atoms with Crippen LogP contribution >= 0.6 is 7.82 Å². The van der Waals surface area contributed by atoms with Gasteiger partial charge in [-0.2, -0.15) is 0 Å². The fourth-order valence-corrected chi connectivity index (χ4v) is 7.52. The molecule has 5 N–H and O–H groups in total. The van der Waals surface area contributed by atoms with E-state index in [1.54, 1.807) is 0 Å². The van der Waals surface area contributed by atoms with Gasteiger partial charge in [0.2, 0.25) is 0 Å². The predicted octanol–water partition coefficient (Wildman–Crippen LogP) is 8.31. The van der Waals surface area contributed by atoms with E-state index in [4.69, 9.17) is 18.5 Å². The highest BCUT2D eigenvalue weighted by molar-refractivity contribution is 7.45. The van der Waals surface area contributed by atoms with E-state index >= 15 is 0 Å². The average Bonchev–Trinajstić information content (AvgIpc) is 3.24. The molecule has 6 atom stereocenters. The molecule has 1 fully saturated rings. The van der Waals surface area contributed by atoms with Crippen LogP contribution < -0.4 is 4.89 Å². The van der Waals surface area contributed by atoms with Crippen LogP contribution in [0.15, 0.2) is 60.8 Å². The van der Waals surface area contributed by atoms with Crippen LogP contribution in [0.25, 0.3) is 0 Å². The molecule has 1 rings (SSSR count). The Labute approximate surface area is 366 Å². The summed E-state index contributed by atoms with van der Waals surface area (Å²) in [4.78, 5) is 38.0. The molecule has 13 nitrogen and oxygen atoms in total. The van der Waals surface area contributed by atoms with Gasteiger partial charge in [0.05, 0.1) is 6.61 Å². The quantitative estimate of drug-likeness (QED) is 0.0172. The molecule has 0 heterocycles. The number of esters is 2. The molecule has 0 aromatic carbocycles. The van der Waals surface area contributed by atoms with Gasteiger partial charge < -0.3 is 48.9 Å². The summed E-state index contributed by atoms with van der Waals surface area (Å²) < 4.78 is 33.1. The summed E-state index contributed by atoms with van der Waals surface area (Å²) in [7, 11) is -5.39. The largest absolute Gasteiger partial charge is 0.756 e. The van der Waals surface area contributed by atoms with E-state index in [9.17, 15) is 44.6 Å². The number of hydrogen-bond acceptors (Lipinski definition) is 13. The zero-order chi connectivity index (χ0) is 45.0. The number of allylic oxidation sites excluding steroid dienone is 10. The van der Waals surface area contributed by atoms with Gasteiger partial charge in [-0.25, -0.2) is 0 Å². The molecule has 0 spiro atoms. The maximum atomic E-state index is 12.7. The molecule has 0 amide bonds. The Balaban J connectivity index is 2.52. The number of ether oxygens (including phenoxy) is 2. The lowest BCUT2D eigenvalue weighted by Crippen LogP contribution is -2.64. The third kappa shape index (κ3) is 29.5. The molecule has 6 unspecified atom stereocenters. The molecule has 0 saturated heterocycles. The minimum Gasteiger partial charge on any atom is -0.756 e. The van der Waals surface area contributed by atoms with Gasteiger partial charge in [-0.1, -0.05) is 139 Å². The van der Waals surface area contributed by atoms with Crippen molar-refractivity contribution in [2.45, 2.75) is 211 Å². The van der Waals surface area contributed by atoms with E-state index in [0.29, 0.717) is 19.3 Å². The van der Waals surface area contributed by atoms with Gasteiger partial charge in [0.25, 0.3) is 7.82 Å². The lowest BCUT2D eigenvalue weighted by molar-refractivity contribution is -0.261. The number of rotatable bonds is 37. The van der Waals surface area contributed by atoms with E-state index in [1.807, 2.05) is 12.2 Å². The van der Waals surface area contributed by atoms with Crippen molar-refractivity contribution in [1.82, 2.24) is 0 Å². The van der Waals surface area contributed by atoms with Crippen molar-refractivity contribution in [2.24, 2.45) is 0 Å². The number of phosphoric ester groups is 1. The van der Waals surface area contributed by atoms with Crippen LogP contribution in [-0.2, 0) is 32.7 Å². The monoisotopic (exact) mass is 884 g/mol. The third-order valence-corrected chi connectivity index (χ3v) is 11.3. The Morgan fingerprint density at radius 1 is 0.525 bits per heavy atom. The van der Waals surface area contributed by atoms with Gasteiger partial charge in [-0.3, -0.25) is 14.2 Å². The highest BCUT2D eigenvalue weighted by atomic mass is 31.2. The maximum absolute atomic E-state index is 12.7. The van der Waals surface area contributed by atoms with Crippen LogP contribution in [0.3, 0.4) is 0 Å². The third-order valence-electron chi connectivity index (χ3n) is 10.3. The maximum Gasteiger partial charge on any atom is 0.306 e. The summed E-state index contributed by atoms with van der Waals surface area (Å²) in [5.41, 5.74) is 0. The first kappa shape index (κ1) is 56.6. The number of carbonyl (C=O) groups is 2. The lowest BCUT2D eigenvalue weighted by Gasteiger charge is -2.43. The smallest absolute Gasteiger partial charge is 0.306 e. The lowest BCUT2D eigenvalue weighted by atomic mass is 9.85. The molecule has 1 saturated carbocycles. The fourth-order valence-electron chi connectivity index (χ4n) is 6.56. The molecule has 0 radical (unpaired) electrons. The molecule has 0 aromatic heterocycles. The summed E-state index contributed by atoms with van der Waals surface area (Å²) in [5, 5.41) is 50.0. The topological polar surface area (TPSA) is 212 Å². The normalized spacial score (nSPS) is 22.6. The van der Waals surface area contributed by atoms with Gasteiger partial charge in [0.15, 0.2) is 6.10 Å². The first-order valence-corrected chi connectivity index (χ1v) is 24.5. The molecule has 1 aliphatic rings. The Hall–Kier alpha value is -2.45. The van der Waals surface area contributed by atoms with Crippen molar-refractivity contribution >= 4 is 19.8 Å². The highest BCUT2D eigenvalue weighted by Gasteiger charge is 2.50. The second-order valence-corrected chi connectivity index (χ2v) is 17.2. The second-order valence-electron chi connectivity index (χ2n) is 15.9. The summed E-state index contributed by atoms with van der Waals surface area (Å²) in [6.45, 7) is 3.11. The second kappa shape index (κ2) is 37.0. The van der Waals surface area contributed by atoms with Crippen molar-refractivity contribution in [3.63, 3.8) is 0 Å². The van der Waals surface area contributed by atoms with Gasteiger partial charge in [0, 0.05) is 12.8 Å². The van der Waals surface area contributed by atoms with Crippen LogP contribution in [0.5, 0.6) is 0 Å². The molecular formula is C47H80O13P-. The molecule has 0 aromatic rings. The first-order chi connectivity index (χ1) is 29.4. The number of carbonyl (C=O) groups excluding carboxylic acids is 2. The van der Waals surface area contributed by atoms with E-state index in [-0.39, 0.29) is 12.8 Å². The molecule has 61 heavy (non-hydrogen) atoms. The number of phosphoric acid groups is 1. The Bertz CT molecular complexity index is 1300. The van der Waals surface area contributed by atoms with Gasteiger partial charge in [0.1, 0.15) is 43.2 Å². The number of aliphatic hydroxyl groups excluding tert-OH is 5. The number of hydrogen-bond donors (Lipinski definition) is 5. The Morgan fingerprint density at radius 2 is 0.918 bits per heavy atom. The highest BCUT2D eigenvalue weighted by Crippen LogP contribution is 2.43. The van der Waals surface area contributed by atoms with E-state index in [1.165, 1.54) is 57.8 Å². The van der Waals surface area contributed by atoms with Crippen molar-refractivity contribution in [3.8, 4) is 0 Å². The zero-order valence-corrected chi connectivity index (χ0v) is 38.0. The predicted molar refractivity (Wildman–Crippen MR) is 237 cm³/mol. The molecular weight excluding hydrogens is 803 g/mol. The Morgan fingerprint density at radius 3 is 1.46 bits per heavy atom. The van der Waals surface area contributed by atoms with E-state index < -0.39 is 75.7 Å². The average molecular weight is 884 g/mol. The van der Waals surface area contributed by atoms with Gasteiger partial charge in [-0.15, -0.1) is 0 Å². The molecule has 352 valence electrons. The molecule has 1 aliphatic carbocycles.